The highest BCUT2D eigenvalue weighted by molar-refractivity contribution is 5.67. The van der Waals surface area contributed by atoms with Crippen LogP contribution >= 0.6 is 0 Å². The average molecular weight is 460 g/mol. The topological polar surface area (TPSA) is 98.9 Å². The minimum atomic E-state index is -1.18. The lowest BCUT2D eigenvalue weighted by atomic mass is 9.78. The van der Waals surface area contributed by atoms with Crippen LogP contribution in [0.15, 0.2) is 82.1 Å². The van der Waals surface area contributed by atoms with E-state index in [9.17, 15) is 0 Å². The van der Waals surface area contributed by atoms with Crippen molar-refractivity contribution in [2.45, 2.75) is 17.7 Å². The zero-order valence-corrected chi connectivity index (χ0v) is 19.0. The second-order valence-corrected chi connectivity index (χ2v) is 8.03. The first-order valence-corrected chi connectivity index (χ1v) is 10.8. The summed E-state index contributed by atoms with van der Waals surface area (Å²) in [6, 6.07) is 19.4. The lowest BCUT2D eigenvalue weighted by Gasteiger charge is -2.39. The van der Waals surface area contributed by atoms with Crippen LogP contribution in [-0.4, -0.2) is 44.5 Å². The van der Waals surface area contributed by atoms with Gasteiger partial charge >= 0.3 is 0 Å². The van der Waals surface area contributed by atoms with Gasteiger partial charge in [-0.15, -0.1) is 10.2 Å². The summed E-state index contributed by atoms with van der Waals surface area (Å²) in [7, 11) is 3.22. The van der Waals surface area contributed by atoms with Crippen molar-refractivity contribution in [3.8, 4) is 11.5 Å². The van der Waals surface area contributed by atoms with E-state index in [4.69, 9.17) is 23.9 Å². The van der Waals surface area contributed by atoms with E-state index in [1.807, 2.05) is 42.5 Å². The first-order valence-electron chi connectivity index (χ1n) is 10.8. The van der Waals surface area contributed by atoms with Gasteiger partial charge in [0, 0.05) is 42.1 Å². The van der Waals surface area contributed by atoms with E-state index >= 15 is 0 Å². The molecule has 0 aliphatic carbocycles. The van der Waals surface area contributed by atoms with Gasteiger partial charge in [0.25, 0.3) is 0 Å². The Labute approximate surface area is 197 Å². The molecule has 0 radical (unpaired) electrons. The second kappa shape index (κ2) is 9.20. The molecule has 1 N–H and O–H groups in total. The molecule has 9 nitrogen and oxygen atoms in total. The van der Waals surface area contributed by atoms with Gasteiger partial charge in [-0.05, 0) is 17.7 Å². The molecular formula is C25H25N5O4. The summed E-state index contributed by atoms with van der Waals surface area (Å²) in [6.07, 6.45) is 3.70. The number of hydrogen-bond acceptors (Lipinski definition) is 9. The molecular weight excluding hydrogens is 434 g/mol. The second-order valence-electron chi connectivity index (χ2n) is 8.03. The van der Waals surface area contributed by atoms with Gasteiger partial charge in [0.15, 0.2) is 0 Å². The molecule has 0 amide bonds. The van der Waals surface area contributed by atoms with Crippen molar-refractivity contribution >= 4 is 17.8 Å². The average Bonchev–Trinajstić information content (AvgIpc) is 3.56. The van der Waals surface area contributed by atoms with Crippen LogP contribution in [-0.2, 0) is 21.6 Å². The lowest BCUT2D eigenvalue weighted by molar-refractivity contribution is -0.0567. The Balaban J connectivity index is 1.59. The van der Waals surface area contributed by atoms with Crippen LogP contribution in [0.5, 0.6) is 11.5 Å². The molecule has 3 aromatic rings. The Morgan fingerprint density at radius 3 is 2.44 bits per heavy atom. The van der Waals surface area contributed by atoms with E-state index in [0.29, 0.717) is 30.3 Å². The van der Waals surface area contributed by atoms with Crippen LogP contribution in [0.3, 0.4) is 0 Å². The van der Waals surface area contributed by atoms with Gasteiger partial charge in [0.2, 0.25) is 5.66 Å². The maximum atomic E-state index is 6.28. The van der Waals surface area contributed by atoms with Gasteiger partial charge in [-0.25, -0.2) is 9.98 Å². The van der Waals surface area contributed by atoms with Crippen molar-refractivity contribution in [3.63, 3.8) is 0 Å². The van der Waals surface area contributed by atoms with Crippen molar-refractivity contribution in [1.29, 1.82) is 0 Å². The molecule has 0 bridgehead atoms. The summed E-state index contributed by atoms with van der Waals surface area (Å²) in [5.74, 6) is 1.88. The molecule has 2 aromatic carbocycles. The summed E-state index contributed by atoms with van der Waals surface area (Å²) in [4.78, 5) is 9.38. The number of nitrogens with zero attached hydrogens (tertiary/aromatic N) is 4. The molecule has 0 spiro atoms. The Hall–Kier alpha value is -3.82. The number of anilines is 2. The minimum Gasteiger partial charge on any atom is -0.497 e. The molecule has 2 aliphatic rings. The molecule has 3 heterocycles. The predicted molar refractivity (Wildman–Crippen MR) is 127 cm³/mol. The van der Waals surface area contributed by atoms with Gasteiger partial charge in [0.1, 0.15) is 36.0 Å². The van der Waals surface area contributed by atoms with Crippen molar-refractivity contribution in [2.75, 3.05) is 32.9 Å². The van der Waals surface area contributed by atoms with E-state index in [0.717, 1.165) is 16.8 Å². The number of benzene rings is 2. The molecule has 5 rings (SSSR count). The summed E-state index contributed by atoms with van der Waals surface area (Å²) in [6.45, 7) is 0.454. The van der Waals surface area contributed by atoms with Crippen LogP contribution in [0.1, 0.15) is 11.1 Å². The number of rotatable bonds is 8. The molecule has 34 heavy (non-hydrogen) atoms. The smallest absolute Gasteiger partial charge is 0.232 e. The Morgan fingerprint density at radius 2 is 1.79 bits per heavy atom. The Kier molecular flexibility index (Phi) is 5.95. The monoisotopic (exact) mass is 459 g/mol. The van der Waals surface area contributed by atoms with Gasteiger partial charge in [-0.1, -0.05) is 30.3 Å². The molecule has 1 aromatic heterocycles. The van der Waals surface area contributed by atoms with Gasteiger partial charge in [-0.2, -0.15) is 0 Å². The fraction of sp³-hybridized carbons (Fsp3) is 0.280. The predicted octanol–water partition coefficient (Wildman–Crippen LogP) is 4.48. The number of aliphatic imine (C=N–C) groups is 1. The molecule has 174 valence electrons. The van der Waals surface area contributed by atoms with Gasteiger partial charge in [-0.3, -0.25) is 0 Å². The molecule has 9 heteroatoms. The zero-order chi connectivity index (χ0) is 23.4. The van der Waals surface area contributed by atoms with Crippen LogP contribution in [0.25, 0.3) is 0 Å². The van der Waals surface area contributed by atoms with E-state index in [1.165, 1.54) is 6.34 Å². The SMILES string of the molecule is COc1cc(Nc2ncccc2C2(C3(Cc4ccccc4)COCO3)N=CN=N2)cc(OC)c1. The van der Waals surface area contributed by atoms with Crippen LogP contribution in [0.2, 0.25) is 0 Å². The summed E-state index contributed by atoms with van der Waals surface area (Å²) >= 11 is 0. The third kappa shape index (κ3) is 3.89. The van der Waals surface area contributed by atoms with Crippen molar-refractivity contribution in [2.24, 2.45) is 15.2 Å². The summed E-state index contributed by atoms with van der Waals surface area (Å²) in [5.41, 5.74) is 0.456. The first-order chi connectivity index (χ1) is 16.7. The van der Waals surface area contributed by atoms with Crippen molar-refractivity contribution in [1.82, 2.24) is 4.98 Å². The largest absolute Gasteiger partial charge is 0.497 e. The third-order valence-electron chi connectivity index (χ3n) is 6.02. The summed E-state index contributed by atoms with van der Waals surface area (Å²) < 4.78 is 22.8. The Morgan fingerprint density at radius 1 is 1.00 bits per heavy atom. The number of azo groups is 1. The maximum absolute atomic E-state index is 6.28. The lowest BCUT2D eigenvalue weighted by Crippen LogP contribution is -2.52. The fourth-order valence-electron chi connectivity index (χ4n) is 4.38. The van der Waals surface area contributed by atoms with Gasteiger partial charge < -0.3 is 24.3 Å². The zero-order valence-electron chi connectivity index (χ0n) is 19.0. The van der Waals surface area contributed by atoms with Crippen LogP contribution in [0, 0.1) is 0 Å². The molecule has 2 atom stereocenters. The first kappa shape index (κ1) is 22.0. The van der Waals surface area contributed by atoms with Crippen molar-refractivity contribution < 1.29 is 18.9 Å². The third-order valence-corrected chi connectivity index (χ3v) is 6.02. The van der Waals surface area contributed by atoms with Crippen LogP contribution < -0.4 is 14.8 Å². The highest BCUT2D eigenvalue weighted by Crippen LogP contribution is 2.49. The fourth-order valence-corrected chi connectivity index (χ4v) is 4.38. The number of pyridine rings is 1. The van der Waals surface area contributed by atoms with E-state index in [2.05, 4.69) is 32.7 Å². The summed E-state index contributed by atoms with van der Waals surface area (Å²) in [5, 5.41) is 12.2. The molecule has 2 aliphatic heterocycles. The number of nitrogens with one attached hydrogen (secondary N) is 1. The van der Waals surface area contributed by atoms with E-state index in [-0.39, 0.29) is 6.79 Å². The molecule has 1 fully saturated rings. The number of ether oxygens (including phenoxy) is 4. The Bertz CT molecular complexity index is 1170. The van der Waals surface area contributed by atoms with Crippen LogP contribution in [0.4, 0.5) is 11.5 Å². The van der Waals surface area contributed by atoms with E-state index < -0.39 is 11.3 Å². The highest BCUT2D eigenvalue weighted by atomic mass is 16.7. The van der Waals surface area contributed by atoms with E-state index in [1.54, 1.807) is 26.5 Å². The molecule has 1 saturated heterocycles. The number of aromatic nitrogens is 1. The number of hydrogen-bond donors (Lipinski definition) is 1. The highest BCUT2D eigenvalue weighted by Gasteiger charge is 2.59. The van der Waals surface area contributed by atoms with Gasteiger partial charge in [0.05, 0.1) is 20.8 Å². The maximum Gasteiger partial charge on any atom is 0.232 e. The quantitative estimate of drug-likeness (QED) is 0.533. The van der Waals surface area contributed by atoms with Crippen molar-refractivity contribution in [3.05, 3.63) is 78.0 Å². The molecule has 0 saturated carbocycles. The molecule has 2 unspecified atom stereocenters. The number of methoxy groups -OCH3 is 2. The minimum absolute atomic E-state index is 0.149. The normalized spacial score (nSPS) is 23.2. The standard InChI is InChI=1S/C25H25N5O4/c1-31-20-11-19(12-21(13-20)32-2)29-23-22(9-6-10-26-23)25(27-16-28-30-25)24(15-33-17-34-24)14-18-7-4-3-5-8-18/h3-13,16H,14-15,17H2,1-2H3,(H,26,29).